The van der Waals surface area contributed by atoms with Crippen LogP contribution in [0.4, 0.5) is 5.69 Å². The molecule has 1 amide bonds. The number of carbonyl (C=O) groups is 2. The highest BCUT2D eigenvalue weighted by Gasteiger charge is 2.08. The number of hydrogen-bond donors (Lipinski definition) is 1. The molecule has 0 aromatic heterocycles. The van der Waals surface area contributed by atoms with Gasteiger partial charge in [0.25, 0.3) is 5.91 Å². The molecule has 2 rings (SSSR count). The molecule has 0 radical (unpaired) electrons. The van der Waals surface area contributed by atoms with E-state index in [0.29, 0.717) is 11.5 Å². The van der Waals surface area contributed by atoms with E-state index in [-0.39, 0.29) is 17.9 Å². The van der Waals surface area contributed by atoms with Crippen molar-refractivity contribution in [1.82, 2.24) is 0 Å². The fourth-order valence-corrected chi connectivity index (χ4v) is 1.80. The van der Waals surface area contributed by atoms with Gasteiger partial charge < -0.3 is 24.7 Å². The Morgan fingerprint density at radius 1 is 1.09 bits per heavy atom. The quantitative estimate of drug-likeness (QED) is 0.862. The first-order valence-corrected chi connectivity index (χ1v) is 6.47. The zero-order valence-electron chi connectivity index (χ0n) is 11.9. The van der Waals surface area contributed by atoms with Crippen LogP contribution in [0.2, 0.25) is 0 Å². The number of anilines is 1. The number of aromatic carboxylic acids is 1. The molecule has 2 aromatic carbocycles. The molecule has 2 aromatic rings. The smallest absolute Gasteiger partial charge is 0.262 e. The maximum absolute atomic E-state index is 11.8. The summed E-state index contributed by atoms with van der Waals surface area (Å²) in [5.41, 5.74) is 0.0824. The zero-order valence-corrected chi connectivity index (χ0v) is 11.9. The van der Waals surface area contributed by atoms with Gasteiger partial charge in [-0.05, 0) is 18.2 Å². The first kappa shape index (κ1) is 15.4. The van der Waals surface area contributed by atoms with Gasteiger partial charge in [0.2, 0.25) is 0 Å². The van der Waals surface area contributed by atoms with Gasteiger partial charge in [-0.25, -0.2) is 0 Å². The van der Waals surface area contributed by atoms with Gasteiger partial charge in [0.1, 0.15) is 11.5 Å². The second kappa shape index (κ2) is 7.12. The van der Waals surface area contributed by atoms with Crippen LogP contribution in [-0.2, 0) is 4.79 Å². The van der Waals surface area contributed by atoms with Crippen molar-refractivity contribution in [2.45, 2.75) is 0 Å². The van der Waals surface area contributed by atoms with Gasteiger partial charge in [-0.3, -0.25) is 4.79 Å². The van der Waals surface area contributed by atoms with E-state index >= 15 is 0 Å². The highest BCUT2D eigenvalue weighted by Crippen LogP contribution is 2.19. The van der Waals surface area contributed by atoms with E-state index in [1.54, 1.807) is 36.4 Å². The molecular weight excluding hydrogens is 286 g/mol. The molecular formula is C16H14NO5-. The second-order valence-corrected chi connectivity index (χ2v) is 4.35. The van der Waals surface area contributed by atoms with Crippen LogP contribution in [-0.4, -0.2) is 25.6 Å². The summed E-state index contributed by atoms with van der Waals surface area (Å²) in [6.07, 6.45) is 0. The Morgan fingerprint density at radius 3 is 2.55 bits per heavy atom. The Bertz CT molecular complexity index is 684. The van der Waals surface area contributed by atoms with Gasteiger partial charge in [-0.1, -0.05) is 24.3 Å². The van der Waals surface area contributed by atoms with Crippen molar-refractivity contribution in [3.05, 3.63) is 54.1 Å². The summed E-state index contributed by atoms with van der Waals surface area (Å²) in [4.78, 5) is 22.8. The Kier molecular flexibility index (Phi) is 4.98. The highest BCUT2D eigenvalue weighted by atomic mass is 16.5. The second-order valence-electron chi connectivity index (χ2n) is 4.35. The minimum atomic E-state index is -1.36. The number of rotatable bonds is 6. The highest BCUT2D eigenvalue weighted by molar-refractivity contribution is 6.00. The normalized spacial score (nSPS) is 9.86. The van der Waals surface area contributed by atoms with E-state index in [1.807, 2.05) is 0 Å². The van der Waals surface area contributed by atoms with Crippen molar-refractivity contribution in [1.29, 1.82) is 0 Å². The Balaban J connectivity index is 1.97. The number of carboxylic acid groups (broad SMARTS) is 1. The number of methoxy groups -OCH3 is 1. The first-order valence-electron chi connectivity index (χ1n) is 6.47. The van der Waals surface area contributed by atoms with Crippen LogP contribution < -0.4 is 19.9 Å². The number of benzene rings is 2. The van der Waals surface area contributed by atoms with Crippen molar-refractivity contribution < 1.29 is 24.2 Å². The van der Waals surface area contributed by atoms with Crippen LogP contribution in [0.3, 0.4) is 0 Å². The van der Waals surface area contributed by atoms with Crippen molar-refractivity contribution in [2.24, 2.45) is 0 Å². The minimum Gasteiger partial charge on any atom is -0.545 e. The molecule has 114 valence electrons. The predicted molar refractivity (Wildman–Crippen MR) is 77.9 cm³/mol. The molecule has 0 bridgehead atoms. The summed E-state index contributed by atoms with van der Waals surface area (Å²) in [6, 6.07) is 12.8. The molecule has 0 unspecified atom stereocenters. The van der Waals surface area contributed by atoms with E-state index in [0.717, 1.165) is 0 Å². The maximum Gasteiger partial charge on any atom is 0.262 e. The van der Waals surface area contributed by atoms with Gasteiger partial charge in [-0.15, -0.1) is 0 Å². The molecule has 1 N–H and O–H groups in total. The Labute approximate surface area is 127 Å². The third kappa shape index (κ3) is 3.99. The predicted octanol–water partition coefficient (Wildman–Crippen LogP) is 1.08. The summed E-state index contributed by atoms with van der Waals surface area (Å²) in [6.45, 7) is -0.255. The number of nitrogens with one attached hydrogen (secondary N) is 1. The van der Waals surface area contributed by atoms with E-state index in [1.165, 1.54) is 19.2 Å². The average molecular weight is 300 g/mol. The number of amides is 1. The van der Waals surface area contributed by atoms with Crippen LogP contribution in [0.1, 0.15) is 10.4 Å². The molecule has 0 spiro atoms. The molecule has 22 heavy (non-hydrogen) atoms. The lowest BCUT2D eigenvalue weighted by Gasteiger charge is -2.12. The summed E-state index contributed by atoms with van der Waals surface area (Å²) >= 11 is 0. The number of ether oxygens (including phenoxy) is 2. The van der Waals surface area contributed by atoms with Crippen molar-refractivity contribution in [2.75, 3.05) is 19.0 Å². The first-order chi connectivity index (χ1) is 10.6. The lowest BCUT2D eigenvalue weighted by atomic mass is 10.2. The largest absolute Gasteiger partial charge is 0.545 e. The number of carboxylic acids is 1. The third-order valence-corrected chi connectivity index (χ3v) is 2.83. The average Bonchev–Trinajstić information content (AvgIpc) is 2.53. The monoisotopic (exact) mass is 300 g/mol. The molecule has 6 heteroatoms. The molecule has 0 fully saturated rings. The SMILES string of the molecule is COc1cccc(OCC(=O)Nc2ccccc2C(=O)[O-])c1. The van der Waals surface area contributed by atoms with Crippen molar-refractivity contribution >= 4 is 17.6 Å². The molecule has 0 atom stereocenters. The molecule has 0 saturated heterocycles. The lowest BCUT2D eigenvalue weighted by Crippen LogP contribution is -2.26. The molecule has 0 aliphatic rings. The van der Waals surface area contributed by atoms with Crippen molar-refractivity contribution in [3.8, 4) is 11.5 Å². The van der Waals surface area contributed by atoms with Gasteiger partial charge in [0, 0.05) is 17.3 Å². The molecule has 0 aliphatic heterocycles. The van der Waals surface area contributed by atoms with Gasteiger partial charge in [0.05, 0.1) is 13.1 Å². The van der Waals surface area contributed by atoms with Crippen LogP contribution in [0.25, 0.3) is 0 Å². The number of para-hydroxylation sites is 1. The third-order valence-electron chi connectivity index (χ3n) is 2.83. The van der Waals surface area contributed by atoms with Crippen LogP contribution in [0.15, 0.2) is 48.5 Å². The fraction of sp³-hybridized carbons (Fsp3) is 0.125. The summed E-state index contributed by atoms with van der Waals surface area (Å²) < 4.78 is 10.4. The minimum absolute atomic E-state index is 0.0859. The Hall–Kier alpha value is -3.02. The molecule has 0 saturated carbocycles. The fourth-order valence-electron chi connectivity index (χ4n) is 1.80. The van der Waals surface area contributed by atoms with E-state index < -0.39 is 11.9 Å². The van der Waals surface area contributed by atoms with Crippen molar-refractivity contribution in [3.63, 3.8) is 0 Å². The van der Waals surface area contributed by atoms with E-state index in [4.69, 9.17) is 9.47 Å². The maximum atomic E-state index is 11.8. The van der Waals surface area contributed by atoms with Crippen LogP contribution >= 0.6 is 0 Å². The summed E-state index contributed by atoms with van der Waals surface area (Å²) in [7, 11) is 1.53. The van der Waals surface area contributed by atoms with Crippen LogP contribution in [0, 0.1) is 0 Å². The van der Waals surface area contributed by atoms with E-state index in [2.05, 4.69) is 5.32 Å². The molecule has 0 heterocycles. The standard InChI is InChI=1S/C16H15NO5/c1-21-11-5-4-6-12(9-11)22-10-15(18)17-14-8-3-2-7-13(14)16(19)20/h2-9H,10H2,1H3,(H,17,18)(H,19,20)/p-1. The van der Waals surface area contributed by atoms with Gasteiger partial charge in [0.15, 0.2) is 6.61 Å². The van der Waals surface area contributed by atoms with Gasteiger partial charge in [-0.2, -0.15) is 0 Å². The summed E-state index contributed by atoms with van der Waals surface area (Å²) in [5, 5.41) is 13.4. The molecule has 0 aliphatic carbocycles. The van der Waals surface area contributed by atoms with Gasteiger partial charge >= 0.3 is 0 Å². The number of carbonyl (C=O) groups excluding carboxylic acids is 2. The Morgan fingerprint density at radius 2 is 1.82 bits per heavy atom. The zero-order chi connectivity index (χ0) is 15.9. The van der Waals surface area contributed by atoms with E-state index in [9.17, 15) is 14.7 Å². The summed E-state index contributed by atoms with van der Waals surface area (Å²) in [5.74, 6) is -0.746. The van der Waals surface area contributed by atoms with Crippen LogP contribution in [0.5, 0.6) is 11.5 Å². The molecule has 6 nitrogen and oxygen atoms in total. The topological polar surface area (TPSA) is 87.7 Å². The number of hydrogen-bond acceptors (Lipinski definition) is 5. The lowest BCUT2D eigenvalue weighted by molar-refractivity contribution is -0.254.